The zero-order valence-corrected chi connectivity index (χ0v) is 9.52. The lowest BCUT2D eigenvalue weighted by Crippen LogP contribution is -1.76. The summed E-state index contributed by atoms with van der Waals surface area (Å²) >= 11 is 0. The minimum atomic E-state index is 0.950. The van der Waals surface area contributed by atoms with E-state index in [1.54, 1.807) is 19.6 Å². The highest BCUT2D eigenvalue weighted by Crippen LogP contribution is 2.07. The van der Waals surface area contributed by atoms with Crippen molar-refractivity contribution in [3.05, 3.63) is 48.4 Å². The predicted octanol–water partition coefficient (Wildman–Crippen LogP) is 3.64. The minimum absolute atomic E-state index is 0.950. The van der Waals surface area contributed by atoms with Gasteiger partial charge in [-0.25, -0.2) is 0 Å². The van der Waals surface area contributed by atoms with Crippen LogP contribution in [0.3, 0.4) is 0 Å². The molecule has 0 saturated carbocycles. The first-order valence-corrected chi connectivity index (χ1v) is 5.00. The Labute approximate surface area is 92.4 Å². The van der Waals surface area contributed by atoms with E-state index in [1.807, 2.05) is 18.2 Å². The highest BCUT2D eigenvalue weighted by Gasteiger charge is 1.87. The monoisotopic (exact) mass is 205 g/mol. The normalized spacial score (nSPS) is 13.1. The predicted molar refractivity (Wildman–Crippen MR) is 67.0 cm³/mol. The molecule has 0 spiro atoms. The number of ether oxygens (including phenoxy) is 1. The molecule has 0 bridgehead atoms. The molecule has 82 valence electrons. The quantitative estimate of drug-likeness (QED) is 0.353. The summed E-state index contributed by atoms with van der Waals surface area (Å²) in [6.07, 6.45) is 15.2. The zero-order valence-electron chi connectivity index (χ0n) is 9.52. The third-order valence-electron chi connectivity index (χ3n) is 1.82. The van der Waals surface area contributed by atoms with Crippen molar-refractivity contribution in [2.24, 2.45) is 4.99 Å². The van der Waals surface area contributed by atoms with Gasteiger partial charge >= 0.3 is 0 Å². The molecule has 15 heavy (non-hydrogen) atoms. The molecule has 0 aromatic heterocycles. The van der Waals surface area contributed by atoms with E-state index in [-0.39, 0.29) is 0 Å². The molecular weight excluding hydrogens is 186 g/mol. The van der Waals surface area contributed by atoms with Crippen LogP contribution < -0.4 is 0 Å². The standard InChI is InChI=1S/C13H19NO/c1-4-13(10-8-11-14-2)9-6-5-7-12-15-3/h5-8,10-12H,2,4,9H2,1,3H3/b6-5-,11-8-,12-7+,13-10+. The molecular formula is C13H19NO. The van der Waals surface area contributed by atoms with Crippen molar-refractivity contribution >= 4 is 6.72 Å². The number of rotatable bonds is 7. The summed E-state index contributed by atoms with van der Waals surface area (Å²) in [5, 5.41) is 0. The van der Waals surface area contributed by atoms with Crippen molar-refractivity contribution in [1.29, 1.82) is 0 Å². The van der Waals surface area contributed by atoms with Gasteiger partial charge in [0.25, 0.3) is 0 Å². The van der Waals surface area contributed by atoms with Crippen molar-refractivity contribution in [2.75, 3.05) is 7.11 Å². The number of nitrogens with zero attached hydrogens (tertiary/aromatic N) is 1. The van der Waals surface area contributed by atoms with Gasteiger partial charge in [-0.05, 0) is 31.7 Å². The first kappa shape index (κ1) is 13.4. The van der Waals surface area contributed by atoms with Crippen LogP contribution in [0.4, 0.5) is 0 Å². The Morgan fingerprint density at radius 2 is 2.13 bits per heavy atom. The van der Waals surface area contributed by atoms with Crippen molar-refractivity contribution in [1.82, 2.24) is 0 Å². The summed E-state index contributed by atoms with van der Waals surface area (Å²) in [4.78, 5) is 3.64. The fourth-order valence-electron chi connectivity index (χ4n) is 0.992. The average Bonchev–Trinajstić information content (AvgIpc) is 2.26. The molecule has 0 N–H and O–H groups in total. The average molecular weight is 205 g/mol. The molecule has 0 radical (unpaired) electrons. The first-order chi connectivity index (χ1) is 7.35. The zero-order chi connectivity index (χ0) is 11.4. The first-order valence-electron chi connectivity index (χ1n) is 5.00. The van der Waals surface area contributed by atoms with E-state index in [0.29, 0.717) is 0 Å². The van der Waals surface area contributed by atoms with Gasteiger partial charge in [-0.3, -0.25) is 4.99 Å². The molecule has 0 atom stereocenters. The molecule has 0 fully saturated rings. The SMILES string of the molecule is C=N/C=C\C=C(/CC)C/C=C\C=C\OC. The van der Waals surface area contributed by atoms with E-state index in [0.717, 1.165) is 12.8 Å². The molecule has 2 nitrogen and oxygen atoms in total. The third-order valence-corrected chi connectivity index (χ3v) is 1.82. The maximum absolute atomic E-state index is 4.78. The summed E-state index contributed by atoms with van der Waals surface area (Å²) in [5.74, 6) is 0. The lowest BCUT2D eigenvalue weighted by atomic mass is 10.1. The van der Waals surface area contributed by atoms with Gasteiger partial charge in [0, 0.05) is 6.20 Å². The van der Waals surface area contributed by atoms with Crippen LogP contribution in [-0.2, 0) is 4.74 Å². The topological polar surface area (TPSA) is 21.6 Å². The maximum atomic E-state index is 4.78. The van der Waals surface area contributed by atoms with Crippen molar-refractivity contribution < 1.29 is 4.74 Å². The Bertz CT molecular complexity index is 272. The minimum Gasteiger partial charge on any atom is -0.504 e. The fraction of sp³-hybridized carbons (Fsp3) is 0.308. The second kappa shape index (κ2) is 10.5. The molecule has 0 rings (SSSR count). The lowest BCUT2D eigenvalue weighted by Gasteiger charge is -1.96. The van der Waals surface area contributed by atoms with Crippen LogP contribution in [0, 0.1) is 0 Å². The van der Waals surface area contributed by atoms with Gasteiger partial charge in [0.05, 0.1) is 13.4 Å². The number of aliphatic imine (C=N–C) groups is 1. The van der Waals surface area contributed by atoms with Crippen LogP contribution in [0.1, 0.15) is 19.8 Å². The largest absolute Gasteiger partial charge is 0.504 e. The fourth-order valence-corrected chi connectivity index (χ4v) is 0.992. The molecule has 2 heteroatoms. The Balaban J connectivity index is 4.04. The van der Waals surface area contributed by atoms with Gasteiger partial charge in [0.2, 0.25) is 0 Å². The van der Waals surface area contributed by atoms with Crippen LogP contribution in [0.15, 0.2) is 53.4 Å². The van der Waals surface area contributed by atoms with Gasteiger partial charge in [-0.2, -0.15) is 0 Å². The highest BCUT2D eigenvalue weighted by molar-refractivity contribution is 5.26. The molecule has 0 aromatic carbocycles. The Morgan fingerprint density at radius 3 is 2.73 bits per heavy atom. The van der Waals surface area contributed by atoms with E-state index in [9.17, 15) is 0 Å². The van der Waals surface area contributed by atoms with E-state index in [1.165, 1.54) is 5.57 Å². The molecule has 0 aliphatic carbocycles. The van der Waals surface area contributed by atoms with Crippen molar-refractivity contribution in [3.8, 4) is 0 Å². The lowest BCUT2D eigenvalue weighted by molar-refractivity contribution is 0.338. The van der Waals surface area contributed by atoms with Gasteiger partial charge in [0.15, 0.2) is 0 Å². The number of allylic oxidation sites excluding steroid dienone is 6. The van der Waals surface area contributed by atoms with Crippen LogP contribution >= 0.6 is 0 Å². The summed E-state index contributed by atoms with van der Waals surface area (Å²) in [5.41, 5.74) is 1.36. The summed E-state index contributed by atoms with van der Waals surface area (Å²) in [6, 6.07) is 0. The van der Waals surface area contributed by atoms with Gasteiger partial charge in [0.1, 0.15) is 0 Å². The van der Waals surface area contributed by atoms with E-state index >= 15 is 0 Å². The molecule has 0 heterocycles. The van der Waals surface area contributed by atoms with E-state index in [4.69, 9.17) is 4.74 Å². The van der Waals surface area contributed by atoms with Crippen LogP contribution in [0.25, 0.3) is 0 Å². The maximum Gasteiger partial charge on any atom is 0.0824 e. The Hall–Kier alpha value is -1.57. The molecule has 0 amide bonds. The summed E-state index contributed by atoms with van der Waals surface area (Å²) in [7, 11) is 1.63. The molecule has 0 aliphatic heterocycles. The number of methoxy groups -OCH3 is 1. The number of hydrogen-bond donors (Lipinski definition) is 0. The Kier molecular flexibility index (Phi) is 9.41. The summed E-state index contributed by atoms with van der Waals surface area (Å²) in [6.45, 7) is 5.51. The van der Waals surface area contributed by atoms with Crippen molar-refractivity contribution in [2.45, 2.75) is 19.8 Å². The smallest absolute Gasteiger partial charge is 0.0824 e. The van der Waals surface area contributed by atoms with Crippen LogP contribution in [-0.4, -0.2) is 13.8 Å². The number of hydrogen-bond acceptors (Lipinski definition) is 2. The summed E-state index contributed by atoms with van der Waals surface area (Å²) < 4.78 is 4.78. The molecule has 0 aliphatic rings. The molecule has 0 saturated heterocycles. The highest BCUT2D eigenvalue weighted by atomic mass is 16.5. The second-order valence-corrected chi connectivity index (χ2v) is 2.90. The third kappa shape index (κ3) is 8.75. The van der Waals surface area contributed by atoms with Gasteiger partial charge < -0.3 is 4.74 Å². The second-order valence-electron chi connectivity index (χ2n) is 2.90. The van der Waals surface area contributed by atoms with Crippen molar-refractivity contribution in [3.63, 3.8) is 0 Å². The van der Waals surface area contributed by atoms with E-state index < -0.39 is 0 Å². The van der Waals surface area contributed by atoms with Crippen LogP contribution in [0.5, 0.6) is 0 Å². The van der Waals surface area contributed by atoms with Crippen LogP contribution in [0.2, 0.25) is 0 Å². The Morgan fingerprint density at radius 1 is 1.33 bits per heavy atom. The van der Waals surface area contributed by atoms with Gasteiger partial charge in [-0.1, -0.05) is 30.7 Å². The van der Waals surface area contributed by atoms with Gasteiger partial charge in [-0.15, -0.1) is 0 Å². The van der Waals surface area contributed by atoms with E-state index in [2.05, 4.69) is 30.8 Å². The molecule has 0 aromatic rings. The molecule has 0 unspecified atom stereocenters.